The molecule has 0 aromatic heterocycles. The number of nitrogens with one attached hydrogen (secondary N) is 3. The van der Waals surface area contributed by atoms with Crippen molar-refractivity contribution in [3.05, 3.63) is 59.7 Å². The highest BCUT2D eigenvalue weighted by atomic mass is 32.1. The maximum Gasteiger partial charge on any atom is 0.171 e. The summed E-state index contributed by atoms with van der Waals surface area (Å²) in [4.78, 5) is 1.51. The van der Waals surface area contributed by atoms with E-state index in [0.29, 0.717) is 11.2 Å². The summed E-state index contributed by atoms with van der Waals surface area (Å²) in [5.41, 5.74) is 3.61. The van der Waals surface area contributed by atoms with Gasteiger partial charge >= 0.3 is 0 Å². The predicted molar refractivity (Wildman–Crippen MR) is 117 cm³/mol. The summed E-state index contributed by atoms with van der Waals surface area (Å²) in [6.07, 6.45) is 1.04. The number of hydrogen-bond acceptors (Lipinski definition) is 3. The van der Waals surface area contributed by atoms with E-state index in [1.54, 1.807) is 7.11 Å². The van der Waals surface area contributed by atoms with Gasteiger partial charge in [0.15, 0.2) is 5.11 Å². The summed E-state index contributed by atoms with van der Waals surface area (Å²) in [5.74, 6) is 0.875. The van der Waals surface area contributed by atoms with Crippen molar-refractivity contribution >= 4 is 23.0 Å². The molecule has 0 aliphatic carbocycles. The van der Waals surface area contributed by atoms with E-state index in [1.807, 2.05) is 12.1 Å². The standard InChI is InChI=1S/C22H29N3O2S/c1-3-17-4-8-19(9-5-17)24-22(28)23-16-21(25-12-14-27-15-13-25)18-6-10-20(26-2)11-7-18/h4-11,21H,3,12-16H2,1-2H3,(H2,23,24,28)/p+1/t21-/m0/s1. The molecule has 1 atom stereocenters. The fourth-order valence-corrected chi connectivity index (χ4v) is 3.71. The van der Waals surface area contributed by atoms with Crippen LogP contribution >= 0.6 is 12.2 Å². The molecule has 0 saturated carbocycles. The van der Waals surface area contributed by atoms with Crippen LogP contribution in [0.3, 0.4) is 0 Å². The van der Waals surface area contributed by atoms with Gasteiger partial charge in [-0.3, -0.25) is 0 Å². The van der Waals surface area contributed by atoms with Crippen molar-refractivity contribution in [1.82, 2.24) is 5.32 Å². The summed E-state index contributed by atoms with van der Waals surface area (Å²) >= 11 is 5.53. The molecule has 1 aliphatic heterocycles. The average Bonchev–Trinajstić information content (AvgIpc) is 2.75. The van der Waals surface area contributed by atoms with Gasteiger partial charge in [-0.2, -0.15) is 0 Å². The highest BCUT2D eigenvalue weighted by Crippen LogP contribution is 2.16. The van der Waals surface area contributed by atoms with Gasteiger partial charge < -0.3 is 25.0 Å². The van der Waals surface area contributed by atoms with Crippen LogP contribution in [0.1, 0.15) is 24.1 Å². The lowest BCUT2D eigenvalue weighted by Gasteiger charge is -2.32. The summed E-state index contributed by atoms with van der Waals surface area (Å²) in [5, 5.41) is 7.35. The Kier molecular flexibility index (Phi) is 7.65. The number of thiocarbonyl (C=S) groups is 1. The van der Waals surface area contributed by atoms with Crippen LogP contribution < -0.4 is 20.3 Å². The number of benzene rings is 2. The minimum absolute atomic E-state index is 0.303. The molecule has 6 heteroatoms. The molecule has 0 radical (unpaired) electrons. The molecular weight excluding hydrogens is 370 g/mol. The van der Waals surface area contributed by atoms with Crippen molar-refractivity contribution in [3.8, 4) is 5.75 Å². The van der Waals surface area contributed by atoms with Gasteiger partial charge in [-0.05, 0) is 60.6 Å². The molecule has 0 unspecified atom stereocenters. The van der Waals surface area contributed by atoms with Crippen molar-refractivity contribution in [2.75, 3.05) is 45.3 Å². The molecule has 1 saturated heterocycles. The molecular formula is C22H30N3O2S+. The Hall–Kier alpha value is -2.15. The molecule has 1 heterocycles. The monoisotopic (exact) mass is 400 g/mol. The molecule has 0 spiro atoms. The van der Waals surface area contributed by atoms with E-state index < -0.39 is 0 Å². The number of quaternary nitrogens is 1. The van der Waals surface area contributed by atoms with Gasteiger partial charge in [-0.25, -0.2) is 0 Å². The van der Waals surface area contributed by atoms with Gasteiger partial charge in [-0.1, -0.05) is 19.1 Å². The summed E-state index contributed by atoms with van der Waals surface area (Å²) in [6, 6.07) is 17.0. The second-order valence-electron chi connectivity index (χ2n) is 6.98. The zero-order valence-electron chi connectivity index (χ0n) is 16.7. The Balaban J connectivity index is 1.63. The Labute approximate surface area is 173 Å². The maximum atomic E-state index is 5.55. The van der Waals surface area contributed by atoms with Gasteiger partial charge in [0.1, 0.15) is 24.9 Å². The normalized spacial score (nSPS) is 15.6. The van der Waals surface area contributed by atoms with Crippen LogP contribution in [0, 0.1) is 0 Å². The van der Waals surface area contributed by atoms with Crippen molar-refractivity contribution in [3.63, 3.8) is 0 Å². The number of ether oxygens (including phenoxy) is 2. The van der Waals surface area contributed by atoms with Gasteiger partial charge in [0.2, 0.25) is 0 Å². The number of anilines is 1. The molecule has 3 N–H and O–H groups in total. The fraction of sp³-hybridized carbons (Fsp3) is 0.409. The zero-order valence-corrected chi connectivity index (χ0v) is 17.5. The second kappa shape index (κ2) is 10.4. The van der Waals surface area contributed by atoms with Gasteiger partial charge in [0.05, 0.1) is 26.9 Å². The van der Waals surface area contributed by atoms with Crippen LogP contribution in [0.4, 0.5) is 5.69 Å². The molecule has 3 rings (SSSR count). The lowest BCUT2D eigenvalue weighted by atomic mass is 10.0. The summed E-state index contributed by atoms with van der Waals surface area (Å²) in [6.45, 7) is 6.51. The van der Waals surface area contributed by atoms with E-state index in [9.17, 15) is 0 Å². The first-order chi connectivity index (χ1) is 13.7. The quantitative estimate of drug-likeness (QED) is 0.622. The van der Waals surface area contributed by atoms with Crippen LogP contribution in [0.25, 0.3) is 0 Å². The highest BCUT2D eigenvalue weighted by Gasteiger charge is 2.26. The Morgan fingerprint density at radius 1 is 1.11 bits per heavy atom. The Morgan fingerprint density at radius 2 is 1.79 bits per heavy atom. The molecule has 1 aliphatic rings. The number of aryl methyl sites for hydroxylation is 1. The summed E-state index contributed by atoms with van der Waals surface area (Å²) < 4.78 is 10.8. The predicted octanol–water partition coefficient (Wildman–Crippen LogP) is 2.20. The minimum atomic E-state index is 0.303. The number of hydrogen-bond donors (Lipinski definition) is 3. The zero-order chi connectivity index (χ0) is 19.8. The third-order valence-electron chi connectivity index (χ3n) is 5.23. The second-order valence-corrected chi connectivity index (χ2v) is 7.39. The van der Waals surface area contributed by atoms with Crippen LogP contribution in [0.2, 0.25) is 0 Å². The summed E-state index contributed by atoms with van der Waals surface area (Å²) in [7, 11) is 1.69. The molecule has 5 nitrogen and oxygen atoms in total. The van der Waals surface area contributed by atoms with Crippen LogP contribution in [-0.4, -0.2) is 45.1 Å². The van der Waals surface area contributed by atoms with Crippen LogP contribution in [0.15, 0.2) is 48.5 Å². The van der Waals surface area contributed by atoms with Crippen molar-refractivity contribution in [1.29, 1.82) is 0 Å². The van der Waals surface area contributed by atoms with Gasteiger partial charge in [-0.15, -0.1) is 0 Å². The smallest absolute Gasteiger partial charge is 0.171 e. The first kappa shape index (κ1) is 20.6. The first-order valence-corrected chi connectivity index (χ1v) is 10.3. The molecule has 0 amide bonds. The number of methoxy groups -OCH3 is 1. The lowest BCUT2D eigenvalue weighted by molar-refractivity contribution is -0.937. The Bertz CT molecular complexity index is 743. The number of morpholine rings is 1. The molecule has 2 aromatic carbocycles. The topological polar surface area (TPSA) is 47.0 Å². The van der Waals surface area contributed by atoms with Crippen molar-refractivity contribution < 1.29 is 14.4 Å². The maximum absolute atomic E-state index is 5.55. The van der Waals surface area contributed by atoms with E-state index >= 15 is 0 Å². The average molecular weight is 401 g/mol. The van der Waals surface area contributed by atoms with E-state index in [4.69, 9.17) is 21.7 Å². The molecule has 2 aromatic rings. The van der Waals surface area contributed by atoms with Crippen molar-refractivity contribution in [2.24, 2.45) is 0 Å². The number of rotatable bonds is 7. The highest BCUT2D eigenvalue weighted by molar-refractivity contribution is 7.80. The van der Waals surface area contributed by atoms with Gasteiger partial charge in [0.25, 0.3) is 0 Å². The third kappa shape index (κ3) is 5.67. The fourth-order valence-electron chi connectivity index (χ4n) is 3.51. The Morgan fingerprint density at radius 3 is 2.39 bits per heavy atom. The van der Waals surface area contributed by atoms with E-state index in [0.717, 1.165) is 50.7 Å². The van der Waals surface area contributed by atoms with Crippen LogP contribution in [-0.2, 0) is 11.2 Å². The van der Waals surface area contributed by atoms with E-state index in [1.165, 1.54) is 16.0 Å². The molecule has 1 fully saturated rings. The molecule has 28 heavy (non-hydrogen) atoms. The van der Waals surface area contributed by atoms with E-state index in [2.05, 4.69) is 54.0 Å². The van der Waals surface area contributed by atoms with E-state index in [-0.39, 0.29) is 0 Å². The van der Waals surface area contributed by atoms with Gasteiger partial charge in [0, 0.05) is 11.3 Å². The molecule has 0 bridgehead atoms. The molecule has 150 valence electrons. The van der Waals surface area contributed by atoms with Crippen molar-refractivity contribution in [2.45, 2.75) is 19.4 Å². The van der Waals surface area contributed by atoms with Crippen LogP contribution in [0.5, 0.6) is 5.75 Å². The lowest BCUT2D eigenvalue weighted by Crippen LogP contribution is -3.15. The minimum Gasteiger partial charge on any atom is -0.497 e. The third-order valence-corrected chi connectivity index (χ3v) is 5.48. The first-order valence-electron chi connectivity index (χ1n) is 9.89. The SMILES string of the molecule is CCc1ccc(NC(=S)NC[C@@H](c2ccc(OC)cc2)[NH+]2CCOCC2)cc1. The largest absolute Gasteiger partial charge is 0.497 e.